The van der Waals surface area contributed by atoms with Gasteiger partial charge < -0.3 is 5.11 Å². The van der Waals surface area contributed by atoms with E-state index >= 15 is 0 Å². The molecular weight excluding hydrogens is 212 g/mol. The third kappa shape index (κ3) is 1.42. The molecule has 0 bridgehead atoms. The third-order valence-electron chi connectivity index (χ3n) is 1.36. The minimum Gasteiger partial charge on any atom is -0.478 e. The molecular formula is C6H7BrN2O2. The lowest BCUT2D eigenvalue weighted by atomic mass is 10.2. The molecule has 60 valence electrons. The second-order valence-corrected chi connectivity index (χ2v) is 2.78. The quantitative estimate of drug-likeness (QED) is 0.790. The number of hydrogen-bond acceptors (Lipinski definition) is 2. The van der Waals surface area contributed by atoms with E-state index in [2.05, 4.69) is 26.1 Å². The Morgan fingerprint density at radius 3 is 2.82 bits per heavy atom. The number of aromatic carboxylic acids is 1. The molecule has 0 radical (unpaired) electrons. The van der Waals surface area contributed by atoms with Gasteiger partial charge in [0.05, 0.1) is 5.69 Å². The van der Waals surface area contributed by atoms with Gasteiger partial charge in [-0.1, -0.05) is 6.92 Å². The van der Waals surface area contributed by atoms with Gasteiger partial charge in [-0.2, -0.15) is 5.10 Å². The number of aromatic amines is 1. The highest BCUT2D eigenvalue weighted by molar-refractivity contribution is 9.10. The van der Waals surface area contributed by atoms with Crippen molar-refractivity contribution in [2.75, 3.05) is 0 Å². The zero-order valence-electron chi connectivity index (χ0n) is 5.89. The first kappa shape index (κ1) is 8.26. The fourth-order valence-corrected chi connectivity index (χ4v) is 1.32. The van der Waals surface area contributed by atoms with Crippen molar-refractivity contribution in [1.29, 1.82) is 0 Å². The summed E-state index contributed by atoms with van der Waals surface area (Å²) in [5, 5.41) is 15.0. The second-order valence-electron chi connectivity index (χ2n) is 2.03. The number of hydrogen-bond donors (Lipinski definition) is 2. The van der Waals surface area contributed by atoms with Crippen LogP contribution in [-0.2, 0) is 6.42 Å². The summed E-state index contributed by atoms with van der Waals surface area (Å²) < 4.78 is 0.363. The fraction of sp³-hybridized carbons (Fsp3) is 0.333. The van der Waals surface area contributed by atoms with Gasteiger partial charge in [-0.25, -0.2) is 4.79 Å². The first-order valence-electron chi connectivity index (χ1n) is 3.12. The molecule has 0 amide bonds. The summed E-state index contributed by atoms with van der Waals surface area (Å²) in [4.78, 5) is 10.6. The normalized spacial score (nSPS) is 10.0. The van der Waals surface area contributed by atoms with Gasteiger partial charge >= 0.3 is 5.97 Å². The Bertz CT molecular complexity index is 282. The highest BCUT2D eigenvalue weighted by atomic mass is 79.9. The summed E-state index contributed by atoms with van der Waals surface area (Å²) in [6.07, 6.45) is 0.639. The van der Waals surface area contributed by atoms with Crippen molar-refractivity contribution in [3.8, 4) is 0 Å². The van der Waals surface area contributed by atoms with Crippen LogP contribution in [0.25, 0.3) is 0 Å². The van der Waals surface area contributed by atoms with Gasteiger partial charge in [0.2, 0.25) is 0 Å². The topological polar surface area (TPSA) is 66.0 Å². The maximum Gasteiger partial charge on any atom is 0.340 e. The van der Waals surface area contributed by atoms with Crippen LogP contribution < -0.4 is 0 Å². The van der Waals surface area contributed by atoms with E-state index in [1.54, 1.807) is 0 Å². The average Bonchev–Trinajstić information content (AvgIpc) is 2.30. The zero-order valence-corrected chi connectivity index (χ0v) is 7.47. The van der Waals surface area contributed by atoms with E-state index < -0.39 is 5.97 Å². The zero-order chi connectivity index (χ0) is 8.43. The van der Waals surface area contributed by atoms with E-state index in [1.165, 1.54) is 0 Å². The molecule has 2 N–H and O–H groups in total. The van der Waals surface area contributed by atoms with E-state index in [-0.39, 0.29) is 5.56 Å². The summed E-state index contributed by atoms with van der Waals surface area (Å²) in [6.45, 7) is 1.87. The van der Waals surface area contributed by atoms with Crippen molar-refractivity contribution < 1.29 is 9.90 Å². The number of carboxylic acid groups (broad SMARTS) is 1. The molecule has 0 saturated heterocycles. The molecule has 0 fully saturated rings. The van der Waals surface area contributed by atoms with Crippen LogP contribution >= 0.6 is 15.9 Å². The molecule has 0 unspecified atom stereocenters. The van der Waals surface area contributed by atoms with Gasteiger partial charge in [-0.05, 0) is 22.4 Å². The van der Waals surface area contributed by atoms with Gasteiger partial charge in [-0.3, -0.25) is 5.10 Å². The molecule has 11 heavy (non-hydrogen) atoms. The molecule has 0 aliphatic rings. The molecule has 1 aromatic heterocycles. The molecule has 1 aromatic rings. The predicted molar refractivity (Wildman–Crippen MR) is 42.6 cm³/mol. The summed E-state index contributed by atoms with van der Waals surface area (Å²) >= 11 is 3.04. The van der Waals surface area contributed by atoms with Crippen LogP contribution in [0.3, 0.4) is 0 Å². The van der Waals surface area contributed by atoms with Crippen LogP contribution in [0.1, 0.15) is 23.0 Å². The Labute approximate surface area is 71.7 Å². The highest BCUT2D eigenvalue weighted by Gasteiger charge is 2.15. The standard InChI is InChI=1S/C6H7BrN2O2/c1-2-3-4(6(10)11)5(7)9-8-3/h2H2,1H3,(H,8,9)(H,10,11). The molecule has 0 atom stereocenters. The number of nitrogens with one attached hydrogen (secondary N) is 1. The largest absolute Gasteiger partial charge is 0.478 e. The van der Waals surface area contributed by atoms with Crippen LogP contribution in [-0.4, -0.2) is 21.3 Å². The SMILES string of the molecule is CCc1[nH]nc(Br)c1C(=O)O. The number of rotatable bonds is 2. The molecule has 4 nitrogen and oxygen atoms in total. The smallest absolute Gasteiger partial charge is 0.340 e. The van der Waals surface area contributed by atoms with Crippen molar-refractivity contribution in [2.24, 2.45) is 0 Å². The number of halogens is 1. The van der Waals surface area contributed by atoms with Gasteiger partial charge in [0.25, 0.3) is 0 Å². The van der Waals surface area contributed by atoms with Crippen molar-refractivity contribution in [2.45, 2.75) is 13.3 Å². The molecule has 0 saturated carbocycles. The molecule has 1 rings (SSSR count). The average molecular weight is 219 g/mol. The van der Waals surface area contributed by atoms with Gasteiger partial charge in [0, 0.05) is 0 Å². The van der Waals surface area contributed by atoms with Gasteiger partial charge in [0.1, 0.15) is 10.2 Å². The molecule has 0 spiro atoms. The number of carboxylic acids is 1. The summed E-state index contributed by atoms with van der Waals surface area (Å²) in [6, 6.07) is 0. The van der Waals surface area contributed by atoms with Crippen molar-refractivity contribution in [1.82, 2.24) is 10.2 Å². The van der Waals surface area contributed by atoms with Crippen molar-refractivity contribution in [3.05, 3.63) is 15.9 Å². The lowest BCUT2D eigenvalue weighted by Gasteiger charge is -1.92. The first-order valence-corrected chi connectivity index (χ1v) is 3.92. The monoisotopic (exact) mass is 218 g/mol. The van der Waals surface area contributed by atoms with Crippen LogP contribution in [0.2, 0.25) is 0 Å². The van der Waals surface area contributed by atoms with Crippen LogP contribution in [0.5, 0.6) is 0 Å². The van der Waals surface area contributed by atoms with Gasteiger partial charge in [0.15, 0.2) is 0 Å². The Hall–Kier alpha value is -0.840. The second kappa shape index (κ2) is 3.04. The minimum absolute atomic E-state index is 0.229. The Balaban J connectivity index is 3.17. The lowest BCUT2D eigenvalue weighted by molar-refractivity contribution is 0.0695. The number of aryl methyl sites for hydroxylation is 1. The molecule has 1 heterocycles. The number of aromatic nitrogens is 2. The van der Waals surface area contributed by atoms with E-state index in [1.807, 2.05) is 6.92 Å². The van der Waals surface area contributed by atoms with E-state index in [0.29, 0.717) is 16.7 Å². The third-order valence-corrected chi connectivity index (χ3v) is 1.94. The summed E-state index contributed by atoms with van der Waals surface area (Å²) in [5.74, 6) is -0.956. The van der Waals surface area contributed by atoms with Gasteiger partial charge in [-0.15, -0.1) is 0 Å². The minimum atomic E-state index is -0.956. The van der Waals surface area contributed by atoms with Crippen LogP contribution in [0.4, 0.5) is 0 Å². The van der Waals surface area contributed by atoms with Crippen LogP contribution in [0.15, 0.2) is 4.60 Å². The number of carbonyl (C=O) groups is 1. The summed E-state index contributed by atoms with van der Waals surface area (Å²) in [5.41, 5.74) is 0.872. The maximum atomic E-state index is 10.6. The number of nitrogens with zero attached hydrogens (tertiary/aromatic N) is 1. The van der Waals surface area contributed by atoms with E-state index in [0.717, 1.165) is 0 Å². The molecule has 0 aliphatic carbocycles. The predicted octanol–water partition coefficient (Wildman–Crippen LogP) is 1.43. The van der Waals surface area contributed by atoms with Crippen LogP contribution in [0, 0.1) is 0 Å². The molecule has 0 aromatic carbocycles. The maximum absolute atomic E-state index is 10.6. The molecule has 5 heteroatoms. The van der Waals surface area contributed by atoms with E-state index in [4.69, 9.17) is 5.11 Å². The Morgan fingerprint density at radius 1 is 1.82 bits per heavy atom. The molecule has 0 aliphatic heterocycles. The van der Waals surface area contributed by atoms with Crippen molar-refractivity contribution in [3.63, 3.8) is 0 Å². The highest BCUT2D eigenvalue weighted by Crippen LogP contribution is 2.17. The number of H-pyrrole nitrogens is 1. The summed E-state index contributed by atoms with van der Waals surface area (Å²) in [7, 11) is 0. The fourth-order valence-electron chi connectivity index (χ4n) is 0.826. The van der Waals surface area contributed by atoms with E-state index in [9.17, 15) is 4.79 Å². The lowest BCUT2D eigenvalue weighted by Crippen LogP contribution is -1.99. The van der Waals surface area contributed by atoms with Crippen molar-refractivity contribution >= 4 is 21.9 Å². The Morgan fingerprint density at radius 2 is 2.45 bits per heavy atom. The Kier molecular flexibility index (Phi) is 2.28. The first-order chi connectivity index (χ1) is 5.16.